The summed E-state index contributed by atoms with van der Waals surface area (Å²) in [5, 5.41) is 8.24. The molecule has 2 aromatic rings. The predicted octanol–water partition coefficient (Wildman–Crippen LogP) is 2.22. The Kier molecular flexibility index (Phi) is 1.66. The van der Waals surface area contributed by atoms with Gasteiger partial charge in [-0.3, -0.25) is 5.10 Å². The molecule has 3 nitrogen and oxygen atoms in total. The summed E-state index contributed by atoms with van der Waals surface area (Å²) in [6, 6.07) is 3.73. The summed E-state index contributed by atoms with van der Waals surface area (Å²) < 4.78 is 5.04. The molecule has 0 amide bonds. The second kappa shape index (κ2) is 2.68. The first kappa shape index (κ1) is 7.43. The van der Waals surface area contributed by atoms with E-state index in [0.717, 1.165) is 10.9 Å². The molecule has 0 saturated carbocycles. The molecule has 0 fully saturated rings. The summed E-state index contributed by atoms with van der Waals surface area (Å²) in [5.41, 5.74) is 0.816. The highest BCUT2D eigenvalue weighted by Crippen LogP contribution is 2.30. The van der Waals surface area contributed by atoms with E-state index < -0.39 is 0 Å². The predicted molar refractivity (Wildman–Crippen MR) is 47.7 cm³/mol. The zero-order valence-corrected chi connectivity index (χ0v) is 7.22. The molecule has 0 aliphatic carbocycles. The van der Waals surface area contributed by atoms with E-state index in [1.165, 1.54) is 0 Å². The van der Waals surface area contributed by atoms with Gasteiger partial charge in [0.2, 0.25) is 0 Å². The van der Waals surface area contributed by atoms with Crippen molar-refractivity contribution in [1.29, 1.82) is 0 Å². The van der Waals surface area contributed by atoms with Crippen molar-refractivity contribution in [2.45, 2.75) is 0 Å². The number of benzene rings is 1. The quantitative estimate of drug-likeness (QED) is 0.735. The number of ether oxygens (including phenoxy) is 1. The third-order valence-electron chi connectivity index (χ3n) is 1.74. The molecule has 0 saturated heterocycles. The molecule has 0 atom stereocenters. The Morgan fingerprint density at radius 1 is 1.50 bits per heavy atom. The third kappa shape index (κ3) is 0.940. The van der Waals surface area contributed by atoms with Crippen LogP contribution in [0.1, 0.15) is 0 Å². The molecule has 0 radical (unpaired) electrons. The van der Waals surface area contributed by atoms with Gasteiger partial charge in [-0.25, -0.2) is 0 Å². The Bertz CT molecular complexity index is 410. The Morgan fingerprint density at radius 2 is 2.33 bits per heavy atom. The lowest BCUT2D eigenvalue weighted by Gasteiger charge is -2.01. The van der Waals surface area contributed by atoms with E-state index in [1.807, 2.05) is 12.1 Å². The van der Waals surface area contributed by atoms with Gasteiger partial charge in [0, 0.05) is 5.39 Å². The smallest absolute Gasteiger partial charge is 0.139 e. The van der Waals surface area contributed by atoms with E-state index in [0.29, 0.717) is 10.8 Å². The van der Waals surface area contributed by atoms with Crippen LogP contribution in [0.4, 0.5) is 0 Å². The summed E-state index contributed by atoms with van der Waals surface area (Å²) in [4.78, 5) is 0. The minimum absolute atomic E-state index is 0.576. The lowest BCUT2D eigenvalue weighted by Crippen LogP contribution is -1.83. The van der Waals surface area contributed by atoms with E-state index in [-0.39, 0.29) is 0 Å². The van der Waals surface area contributed by atoms with Crippen LogP contribution in [-0.4, -0.2) is 17.3 Å². The lowest BCUT2D eigenvalue weighted by atomic mass is 10.2. The standard InChI is InChI=1S/C8H7ClN2O/c1-12-6-3-2-5-4-10-11-8(5)7(6)9/h2-4H,1H3,(H,10,11). The zero-order valence-electron chi connectivity index (χ0n) is 6.47. The fourth-order valence-corrected chi connectivity index (χ4v) is 1.41. The van der Waals surface area contributed by atoms with Crippen molar-refractivity contribution in [1.82, 2.24) is 10.2 Å². The summed E-state index contributed by atoms with van der Waals surface area (Å²) >= 11 is 5.99. The fourth-order valence-electron chi connectivity index (χ4n) is 1.12. The van der Waals surface area contributed by atoms with Crippen LogP contribution in [0.15, 0.2) is 18.3 Å². The zero-order chi connectivity index (χ0) is 8.55. The van der Waals surface area contributed by atoms with E-state index in [4.69, 9.17) is 16.3 Å². The first-order chi connectivity index (χ1) is 5.83. The summed E-state index contributed by atoms with van der Waals surface area (Å²) in [6.07, 6.45) is 1.72. The molecule has 1 heterocycles. The number of H-pyrrole nitrogens is 1. The number of nitrogens with one attached hydrogen (secondary N) is 1. The van der Waals surface area contributed by atoms with Crippen molar-refractivity contribution < 1.29 is 4.74 Å². The van der Waals surface area contributed by atoms with Crippen LogP contribution < -0.4 is 4.74 Å². The highest BCUT2D eigenvalue weighted by atomic mass is 35.5. The van der Waals surface area contributed by atoms with E-state index >= 15 is 0 Å². The van der Waals surface area contributed by atoms with E-state index in [1.54, 1.807) is 13.3 Å². The molecule has 62 valence electrons. The van der Waals surface area contributed by atoms with Crippen molar-refractivity contribution in [3.8, 4) is 5.75 Å². The summed E-state index contributed by atoms with van der Waals surface area (Å²) in [6.45, 7) is 0. The van der Waals surface area contributed by atoms with Gasteiger partial charge >= 0.3 is 0 Å². The van der Waals surface area contributed by atoms with Gasteiger partial charge in [-0.05, 0) is 12.1 Å². The van der Waals surface area contributed by atoms with Gasteiger partial charge in [-0.2, -0.15) is 5.10 Å². The van der Waals surface area contributed by atoms with Crippen molar-refractivity contribution in [2.24, 2.45) is 0 Å². The van der Waals surface area contributed by atoms with Crippen molar-refractivity contribution in [2.75, 3.05) is 7.11 Å². The number of hydrogen-bond donors (Lipinski definition) is 1. The minimum atomic E-state index is 0.576. The average Bonchev–Trinajstić information content (AvgIpc) is 2.53. The van der Waals surface area contributed by atoms with Crippen molar-refractivity contribution >= 4 is 22.5 Å². The number of fused-ring (bicyclic) bond motifs is 1. The number of rotatable bonds is 1. The fraction of sp³-hybridized carbons (Fsp3) is 0.125. The molecule has 12 heavy (non-hydrogen) atoms. The molecular weight excluding hydrogens is 176 g/mol. The van der Waals surface area contributed by atoms with Crippen molar-refractivity contribution in [3.05, 3.63) is 23.4 Å². The molecule has 1 aromatic carbocycles. The van der Waals surface area contributed by atoms with Crippen LogP contribution >= 0.6 is 11.6 Å². The average molecular weight is 183 g/mol. The van der Waals surface area contributed by atoms with Gasteiger partial charge in [0.25, 0.3) is 0 Å². The molecule has 1 N–H and O–H groups in total. The van der Waals surface area contributed by atoms with Gasteiger partial charge in [-0.1, -0.05) is 11.6 Å². The summed E-state index contributed by atoms with van der Waals surface area (Å²) in [5.74, 6) is 0.661. The maximum atomic E-state index is 5.99. The number of halogens is 1. The number of methoxy groups -OCH3 is 1. The van der Waals surface area contributed by atoms with E-state index in [9.17, 15) is 0 Å². The molecule has 0 aliphatic rings. The molecule has 0 aliphatic heterocycles. The molecular formula is C8H7ClN2O. The normalized spacial score (nSPS) is 10.5. The molecule has 1 aromatic heterocycles. The van der Waals surface area contributed by atoms with Crippen LogP contribution in [0.3, 0.4) is 0 Å². The molecule has 2 rings (SSSR count). The molecule has 0 spiro atoms. The maximum absolute atomic E-state index is 5.99. The number of aromatic nitrogens is 2. The van der Waals surface area contributed by atoms with Crippen LogP contribution in [-0.2, 0) is 0 Å². The van der Waals surface area contributed by atoms with Gasteiger partial charge in [0.1, 0.15) is 10.8 Å². The Labute approximate surface area is 74.3 Å². The van der Waals surface area contributed by atoms with Gasteiger partial charge in [0.05, 0.1) is 18.8 Å². The number of aromatic amines is 1. The highest BCUT2D eigenvalue weighted by Gasteiger charge is 2.05. The number of hydrogen-bond acceptors (Lipinski definition) is 2. The van der Waals surface area contributed by atoms with Crippen molar-refractivity contribution in [3.63, 3.8) is 0 Å². The van der Waals surface area contributed by atoms with E-state index in [2.05, 4.69) is 10.2 Å². The second-order valence-electron chi connectivity index (χ2n) is 2.42. The van der Waals surface area contributed by atoms with Crippen LogP contribution in [0.25, 0.3) is 10.9 Å². The molecule has 0 bridgehead atoms. The van der Waals surface area contributed by atoms with Gasteiger partial charge in [-0.15, -0.1) is 0 Å². The Morgan fingerprint density at radius 3 is 3.08 bits per heavy atom. The molecule has 0 unspecified atom stereocenters. The lowest BCUT2D eigenvalue weighted by molar-refractivity contribution is 0.415. The van der Waals surface area contributed by atoms with Crippen LogP contribution in [0.2, 0.25) is 5.02 Å². The Balaban J connectivity index is 2.78. The number of nitrogens with zero attached hydrogens (tertiary/aromatic N) is 1. The van der Waals surface area contributed by atoms with Crippen LogP contribution in [0, 0.1) is 0 Å². The Hall–Kier alpha value is -1.22. The second-order valence-corrected chi connectivity index (χ2v) is 2.79. The maximum Gasteiger partial charge on any atom is 0.139 e. The first-order valence-electron chi connectivity index (χ1n) is 3.48. The SMILES string of the molecule is COc1ccc2cn[nH]c2c1Cl. The van der Waals surface area contributed by atoms with Gasteiger partial charge in [0.15, 0.2) is 0 Å². The van der Waals surface area contributed by atoms with Gasteiger partial charge < -0.3 is 4.74 Å². The minimum Gasteiger partial charge on any atom is -0.495 e. The molecule has 4 heteroatoms. The first-order valence-corrected chi connectivity index (χ1v) is 3.86. The summed E-state index contributed by atoms with van der Waals surface area (Å²) in [7, 11) is 1.59. The van der Waals surface area contributed by atoms with Crippen LogP contribution in [0.5, 0.6) is 5.75 Å². The third-order valence-corrected chi connectivity index (χ3v) is 2.11. The monoisotopic (exact) mass is 182 g/mol. The highest BCUT2D eigenvalue weighted by molar-refractivity contribution is 6.36. The largest absolute Gasteiger partial charge is 0.495 e. The topological polar surface area (TPSA) is 37.9 Å².